The van der Waals surface area contributed by atoms with Crippen LogP contribution >= 0.6 is 0 Å². The fourth-order valence-electron chi connectivity index (χ4n) is 2.24. The average molecular weight is 329 g/mol. The lowest BCUT2D eigenvalue weighted by Crippen LogP contribution is -2.15. The molecule has 0 spiro atoms. The van der Waals surface area contributed by atoms with Gasteiger partial charge in [-0.05, 0) is 29.8 Å². The molecule has 7 nitrogen and oxygen atoms in total. The molecule has 0 saturated heterocycles. The molecule has 0 radical (unpaired) electrons. The van der Waals surface area contributed by atoms with Crippen LogP contribution in [0.25, 0.3) is 11.4 Å². The van der Waals surface area contributed by atoms with Crippen molar-refractivity contribution in [2.24, 2.45) is 0 Å². The maximum Gasteiger partial charge on any atom is 0.236 e. The van der Waals surface area contributed by atoms with Crippen molar-refractivity contribution in [1.29, 1.82) is 0 Å². The molecule has 118 valence electrons. The van der Waals surface area contributed by atoms with E-state index in [9.17, 15) is 8.42 Å². The summed E-state index contributed by atoms with van der Waals surface area (Å²) in [4.78, 5) is 0. The normalized spacial score (nSPS) is 11.3. The number of rotatable bonds is 5. The number of nitrogens with zero attached hydrogens (tertiary/aromatic N) is 3. The number of hydrogen-bond donors (Lipinski definition) is 2. The fourth-order valence-corrected chi connectivity index (χ4v) is 3.42. The molecular formula is C15H15N5O2S. The Bertz CT molecular complexity index is 907. The lowest BCUT2D eigenvalue weighted by Gasteiger charge is -2.09. The minimum absolute atomic E-state index is 0.0822. The number of H-pyrrole nitrogens is 1. The monoisotopic (exact) mass is 329 g/mol. The Morgan fingerprint density at radius 2 is 1.96 bits per heavy atom. The molecule has 3 rings (SSSR count). The number of hydrogen-bond acceptors (Lipinski definition) is 5. The number of sulfonamides is 1. The zero-order valence-corrected chi connectivity index (χ0v) is 13.2. The van der Waals surface area contributed by atoms with Gasteiger partial charge in [0.1, 0.15) is 0 Å². The molecule has 0 amide bonds. The molecule has 0 unspecified atom stereocenters. The second-order valence-electron chi connectivity index (χ2n) is 5.17. The van der Waals surface area contributed by atoms with E-state index in [0.717, 1.165) is 11.1 Å². The zero-order chi connectivity index (χ0) is 16.3. The second-order valence-corrected chi connectivity index (χ2v) is 6.89. The van der Waals surface area contributed by atoms with Crippen molar-refractivity contribution in [3.05, 3.63) is 59.7 Å². The second kappa shape index (κ2) is 6.17. The number of tetrazole rings is 1. The van der Waals surface area contributed by atoms with Crippen LogP contribution in [0.1, 0.15) is 11.1 Å². The summed E-state index contributed by atoms with van der Waals surface area (Å²) in [6.45, 7) is 1.93. The summed E-state index contributed by atoms with van der Waals surface area (Å²) in [7, 11) is -3.50. The van der Waals surface area contributed by atoms with E-state index >= 15 is 0 Å². The number of benzene rings is 2. The first-order valence-electron chi connectivity index (χ1n) is 6.92. The highest BCUT2D eigenvalue weighted by molar-refractivity contribution is 7.91. The molecule has 0 saturated carbocycles. The van der Waals surface area contributed by atoms with Gasteiger partial charge in [0.05, 0.1) is 5.75 Å². The first-order chi connectivity index (χ1) is 11.0. The lowest BCUT2D eigenvalue weighted by atomic mass is 10.2. The van der Waals surface area contributed by atoms with Gasteiger partial charge in [-0.1, -0.05) is 42.0 Å². The number of anilines is 1. The third-order valence-electron chi connectivity index (χ3n) is 3.18. The van der Waals surface area contributed by atoms with Crippen molar-refractivity contribution in [2.45, 2.75) is 12.7 Å². The quantitative estimate of drug-likeness (QED) is 0.746. The Balaban J connectivity index is 1.79. The minimum Gasteiger partial charge on any atom is -0.283 e. The lowest BCUT2D eigenvalue weighted by molar-refractivity contribution is 0.600. The van der Waals surface area contributed by atoms with Gasteiger partial charge in [-0.15, -0.1) is 10.2 Å². The Labute approximate surface area is 133 Å². The van der Waals surface area contributed by atoms with Crippen LogP contribution in [0.5, 0.6) is 0 Å². The van der Waals surface area contributed by atoms with E-state index in [1.807, 2.05) is 25.1 Å². The molecule has 2 aromatic carbocycles. The van der Waals surface area contributed by atoms with Gasteiger partial charge in [0.15, 0.2) is 0 Å². The van der Waals surface area contributed by atoms with Crippen molar-refractivity contribution in [3.63, 3.8) is 0 Å². The highest BCUT2D eigenvalue weighted by Gasteiger charge is 2.13. The van der Waals surface area contributed by atoms with Gasteiger partial charge in [-0.25, -0.2) is 8.42 Å². The average Bonchev–Trinajstić information content (AvgIpc) is 3.00. The van der Waals surface area contributed by atoms with Gasteiger partial charge in [0, 0.05) is 11.3 Å². The molecule has 0 aliphatic heterocycles. The smallest absolute Gasteiger partial charge is 0.236 e. The van der Waals surface area contributed by atoms with Gasteiger partial charge < -0.3 is 0 Å². The van der Waals surface area contributed by atoms with Gasteiger partial charge >= 0.3 is 0 Å². The first kappa shape index (κ1) is 15.2. The fraction of sp³-hybridized carbons (Fsp3) is 0.133. The largest absolute Gasteiger partial charge is 0.283 e. The Kier molecular flexibility index (Phi) is 4.07. The number of aromatic nitrogens is 4. The molecular weight excluding hydrogens is 314 g/mol. The molecule has 0 atom stereocenters. The van der Waals surface area contributed by atoms with E-state index in [-0.39, 0.29) is 5.75 Å². The highest BCUT2D eigenvalue weighted by atomic mass is 32.2. The maximum absolute atomic E-state index is 12.3. The zero-order valence-electron chi connectivity index (χ0n) is 12.4. The predicted molar refractivity (Wildman–Crippen MR) is 87.0 cm³/mol. The molecule has 0 bridgehead atoms. The minimum atomic E-state index is -3.50. The van der Waals surface area contributed by atoms with Crippen LogP contribution in [0.3, 0.4) is 0 Å². The molecule has 1 aromatic heterocycles. The van der Waals surface area contributed by atoms with Crippen LogP contribution in [-0.2, 0) is 15.8 Å². The van der Waals surface area contributed by atoms with Gasteiger partial charge in [-0.3, -0.25) is 4.72 Å². The van der Waals surface area contributed by atoms with Crippen LogP contribution in [-0.4, -0.2) is 29.0 Å². The summed E-state index contributed by atoms with van der Waals surface area (Å²) >= 11 is 0. The van der Waals surface area contributed by atoms with Crippen LogP contribution in [0, 0.1) is 6.92 Å². The predicted octanol–water partition coefficient (Wildman–Crippen LogP) is 2.12. The van der Waals surface area contributed by atoms with E-state index < -0.39 is 10.0 Å². The van der Waals surface area contributed by atoms with Crippen molar-refractivity contribution in [3.8, 4) is 11.4 Å². The third kappa shape index (κ3) is 3.92. The van der Waals surface area contributed by atoms with E-state index in [1.165, 1.54) is 0 Å². The third-order valence-corrected chi connectivity index (χ3v) is 4.44. The van der Waals surface area contributed by atoms with Crippen LogP contribution in [0.4, 0.5) is 5.69 Å². The summed E-state index contributed by atoms with van der Waals surface area (Å²) in [5.74, 6) is 0.325. The van der Waals surface area contributed by atoms with Crippen molar-refractivity contribution in [1.82, 2.24) is 20.6 Å². The van der Waals surface area contributed by atoms with Crippen LogP contribution < -0.4 is 4.72 Å². The Morgan fingerprint density at radius 3 is 2.70 bits per heavy atom. The van der Waals surface area contributed by atoms with Crippen LogP contribution in [0.15, 0.2) is 48.5 Å². The van der Waals surface area contributed by atoms with E-state index in [4.69, 9.17) is 0 Å². The summed E-state index contributed by atoms with van der Waals surface area (Å²) in [5.41, 5.74) is 2.90. The molecule has 0 aliphatic carbocycles. The van der Waals surface area contributed by atoms with Gasteiger partial charge in [0.25, 0.3) is 0 Å². The summed E-state index contributed by atoms with van der Waals surface area (Å²) in [6.07, 6.45) is 0. The topological polar surface area (TPSA) is 101 Å². The van der Waals surface area contributed by atoms with Crippen molar-refractivity contribution in [2.75, 3.05) is 4.72 Å². The molecule has 23 heavy (non-hydrogen) atoms. The van der Waals surface area contributed by atoms with Gasteiger partial charge in [-0.2, -0.15) is 5.21 Å². The summed E-state index contributed by atoms with van der Waals surface area (Å²) in [5, 5.41) is 13.6. The Morgan fingerprint density at radius 1 is 1.13 bits per heavy atom. The molecule has 0 fully saturated rings. The maximum atomic E-state index is 12.3. The molecule has 0 aliphatic rings. The SMILES string of the molecule is Cc1cccc(CS(=O)(=O)Nc2cccc(-c3nn[nH]n3)c2)c1. The number of aromatic amines is 1. The molecule has 1 heterocycles. The van der Waals surface area contributed by atoms with E-state index in [2.05, 4.69) is 25.3 Å². The standard InChI is InChI=1S/C15H15N5O2S/c1-11-4-2-5-12(8-11)10-23(21,22)18-14-7-3-6-13(9-14)15-16-19-20-17-15/h2-9,18H,10H2,1H3,(H,16,17,19,20). The molecule has 8 heteroatoms. The number of nitrogens with one attached hydrogen (secondary N) is 2. The van der Waals surface area contributed by atoms with Crippen LogP contribution in [0.2, 0.25) is 0 Å². The van der Waals surface area contributed by atoms with E-state index in [0.29, 0.717) is 17.1 Å². The summed E-state index contributed by atoms with van der Waals surface area (Å²) < 4.78 is 27.2. The highest BCUT2D eigenvalue weighted by Crippen LogP contribution is 2.20. The van der Waals surface area contributed by atoms with Gasteiger partial charge in [0.2, 0.25) is 15.8 Å². The summed E-state index contributed by atoms with van der Waals surface area (Å²) in [6, 6.07) is 14.3. The van der Waals surface area contributed by atoms with Crippen molar-refractivity contribution >= 4 is 15.7 Å². The molecule has 2 N–H and O–H groups in total. The first-order valence-corrected chi connectivity index (χ1v) is 8.57. The number of aryl methyl sites for hydroxylation is 1. The van der Waals surface area contributed by atoms with Crippen molar-refractivity contribution < 1.29 is 8.42 Å². The molecule has 3 aromatic rings. The van der Waals surface area contributed by atoms with E-state index in [1.54, 1.807) is 30.3 Å². The Hall–Kier alpha value is -2.74.